The number of methoxy groups -OCH3 is 1. The predicted molar refractivity (Wildman–Crippen MR) is 77.9 cm³/mol. The Hall–Kier alpha value is -1.84. The van der Waals surface area contributed by atoms with Crippen LogP contribution in [0.4, 0.5) is 5.69 Å². The zero-order chi connectivity index (χ0) is 15.6. The van der Waals surface area contributed by atoms with E-state index in [1.807, 2.05) is 0 Å². The second kappa shape index (κ2) is 5.88. The number of thiazole rings is 1. The molecule has 0 spiro atoms. The van der Waals surface area contributed by atoms with Gasteiger partial charge in [-0.2, -0.15) is 0 Å². The number of nitrogens with zero attached hydrogens (tertiary/aromatic N) is 1. The smallest absolute Gasteiger partial charge is 0.337 e. The molecule has 1 aromatic carbocycles. The van der Waals surface area contributed by atoms with Gasteiger partial charge < -0.3 is 9.84 Å². The third-order valence-electron chi connectivity index (χ3n) is 2.35. The number of aromatic nitrogens is 1. The van der Waals surface area contributed by atoms with E-state index < -0.39 is 16.0 Å². The summed E-state index contributed by atoms with van der Waals surface area (Å²) in [5, 5.41) is 9.18. The molecule has 112 valence electrons. The van der Waals surface area contributed by atoms with Gasteiger partial charge in [0.15, 0.2) is 4.21 Å². The first kappa shape index (κ1) is 15.5. The number of nitrogens with one attached hydrogen (secondary N) is 1. The molecule has 0 aliphatic heterocycles. The third kappa shape index (κ3) is 3.43. The molecule has 1 heterocycles. The lowest BCUT2D eigenvalue weighted by Gasteiger charge is -2.07. The van der Waals surface area contributed by atoms with Crippen molar-refractivity contribution in [3.8, 4) is 5.19 Å². The Morgan fingerprint density at radius 1 is 1.48 bits per heavy atom. The molecule has 0 saturated heterocycles. The number of hydrogen-bond acceptors (Lipinski definition) is 6. The highest BCUT2D eigenvalue weighted by atomic mass is 35.5. The van der Waals surface area contributed by atoms with Crippen molar-refractivity contribution in [3.05, 3.63) is 35.0 Å². The van der Waals surface area contributed by atoms with Crippen molar-refractivity contribution >= 4 is 44.6 Å². The topological polar surface area (TPSA) is 106 Å². The highest BCUT2D eigenvalue weighted by Gasteiger charge is 2.19. The summed E-state index contributed by atoms with van der Waals surface area (Å²) >= 11 is 6.57. The molecule has 2 N–H and O–H groups in total. The average molecular weight is 349 g/mol. The molecule has 0 aliphatic rings. The lowest BCUT2D eigenvalue weighted by atomic mass is 10.2. The molecule has 0 atom stereocenters. The minimum absolute atomic E-state index is 0.0184. The summed E-state index contributed by atoms with van der Waals surface area (Å²) in [7, 11) is -2.49. The average Bonchev–Trinajstić information content (AvgIpc) is 2.90. The SMILES string of the molecule is COc1ncc(S(=O)(=O)Nc2ccc(Cl)c(C(=O)O)c2)s1. The third-order valence-corrected chi connectivity index (χ3v) is 5.48. The van der Waals surface area contributed by atoms with Gasteiger partial charge in [0.2, 0.25) is 0 Å². The van der Waals surface area contributed by atoms with E-state index >= 15 is 0 Å². The van der Waals surface area contributed by atoms with Crippen molar-refractivity contribution in [2.75, 3.05) is 11.8 Å². The van der Waals surface area contributed by atoms with Crippen LogP contribution >= 0.6 is 22.9 Å². The Morgan fingerprint density at radius 2 is 2.19 bits per heavy atom. The van der Waals surface area contributed by atoms with Crippen molar-refractivity contribution in [1.29, 1.82) is 0 Å². The summed E-state index contributed by atoms with van der Waals surface area (Å²) in [4.78, 5) is 14.7. The fraction of sp³-hybridized carbons (Fsp3) is 0.0909. The standard InChI is InChI=1S/C11H9ClN2O5S2/c1-19-11-13-5-9(20-11)21(17,18)14-6-2-3-8(12)7(4-6)10(15)16/h2-5,14H,1H3,(H,15,16). The number of benzene rings is 1. The van der Waals surface area contributed by atoms with E-state index in [4.69, 9.17) is 21.4 Å². The molecule has 0 amide bonds. The maximum Gasteiger partial charge on any atom is 0.337 e. The first-order valence-corrected chi connectivity index (χ1v) is 8.07. The summed E-state index contributed by atoms with van der Waals surface area (Å²) in [5.74, 6) is -1.25. The minimum atomic E-state index is -3.87. The minimum Gasteiger partial charge on any atom is -0.478 e. The number of carboxylic acids is 1. The molecule has 21 heavy (non-hydrogen) atoms. The van der Waals surface area contributed by atoms with E-state index in [0.29, 0.717) is 0 Å². The normalized spacial score (nSPS) is 11.1. The second-order valence-corrected chi connectivity index (χ2v) is 7.06. The Bertz CT molecular complexity index is 788. The lowest BCUT2D eigenvalue weighted by molar-refractivity contribution is 0.0697. The molecule has 0 aliphatic carbocycles. The van der Waals surface area contributed by atoms with Crippen LogP contribution in [0.25, 0.3) is 0 Å². The summed E-state index contributed by atoms with van der Waals surface area (Å²) in [5.41, 5.74) is -0.108. The molecule has 2 rings (SSSR count). The Kier molecular flexibility index (Phi) is 4.35. The number of rotatable bonds is 5. The monoisotopic (exact) mass is 348 g/mol. The number of hydrogen-bond donors (Lipinski definition) is 2. The zero-order valence-electron chi connectivity index (χ0n) is 10.5. The van der Waals surface area contributed by atoms with Crippen LogP contribution in [0.15, 0.2) is 28.6 Å². The quantitative estimate of drug-likeness (QED) is 0.858. The molecule has 0 saturated carbocycles. The largest absolute Gasteiger partial charge is 0.478 e. The number of aromatic carboxylic acids is 1. The summed E-state index contributed by atoms with van der Waals surface area (Å²) in [6, 6.07) is 3.81. The van der Waals surface area contributed by atoms with Gasteiger partial charge in [0, 0.05) is 5.69 Å². The predicted octanol–water partition coefficient (Wildman–Crippen LogP) is 2.30. The molecule has 1 aromatic heterocycles. The van der Waals surface area contributed by atoms with Crippen LogP contribution in [0.5, 0.6) is 5.19 Å². The first-order chi connectivity index (χ1) is 9.83. The summed E-state index contributed by atoms with van der Waals surface area (Å²) in [6.07, 6.45) is 1.15. The summed E-state index contributed by atoms with van der Waals surface area (Å²) in [6.45, 7) is 0. The summed E-state index contributed by atoms with van der Waals surface area (Å²) < 4.78 is 31.3. The number of carboxylic acid groups (broad SMARTS) is 1. The van der Waals surface area contributed by atoms with Crippen molar-refractivity contribution in [2.24, 2.45) is 0 Å². The van der Waals surface area contributed by atoms with Crippen molar-refractivity contribution in [2.45, 2.75) is 4.21 Å². The van der Waals surface area contributed by atoms with E-state index in [-0.39, 0.29) is 25.7 Å². The number of carbonyl (C=O) groups is 1. The second-order valence-electron chi connectivity index (χ2n) is 3.75. The van der Waals surface area contributed by atoms with Gasteiger partial charge in [-0.1, -0.05) is 22.9 Å². The number of anilines is 1. The Morgan fingerprint density at radius 3 is 2.76 bits per heavy atom. The zero-order valence-corrected chi connectivity index (χ0v) is 12.9. The van der Waals surface area contributed by atoms with Crippen LogP contribution in [-0.4, -0.2) is 31.6 Å². The number of ether oxygens (including phenoxy) is 1. The first-order valence-electron chi connectivity index (χ1n) is 5.39. The van der Waals surface area contributed by atoms with Crippen LogP contribution in [0.3, 0.4) is 0 Å². The molecule has 2 aromatic rings. The van der Waals surface area contributed by atoms with Crippen LogP contribution < -0.4 is 9.46 Å². The molecule has 0 radical (unpaired) electrons. The van der Waals surface area contributed by atoms with E-state index in [1.54, 1.807) is 0 Å². The van der Waals surface area contributed by atoms with Gasteiger partial charge in [0.05, 0.1) is 23.9 Å². The Balaban J connectivity index is 2.32. The van der Waals surface area contributed by atoms with E-state index in [0.717, 1.165) is 23.6 Å². The highest BCUT2D eigenvalue weighted by molar-refractivity contribution is 7.94. The molecular formula is C11H9ClN2O5S2. The lowest BCUT2D eigenvalue weighted by Crippen LogP contribution is -2.12. The molecule has 0 bridgehead atoms. The van der Waals surface area contributed by atoms with Gasteiger partial charge >= 0.3 is 5.97 Å². The van der Waals surface area contributed by atoms with E-state index in [1.165, 1.54) is 19.2 Å². The van der Waals surface area contributed by atoms with Crippen LogP contribution in [0.2, 0.25) is 5.02 Å². The van der Waals surface area contributed by atoms with Crippen LogP contribution in [0.1, 0.15) is 10.4 Å². The van der Waals surface area contributed by atoms with E-state index in [9.17, 15) is 13.2 Å². The molecule has 10 heteroatoms. The fourth-order valence-corrected chi connectivity index (χ4v) is 3.59. The van der Waals surface area contributed by atoms with Crippen molar-refractivity contribution < 1.29 is 23.1 Å². The van der Waals surface area contributed by atoms with Crippen LogP contribution in [0, 0.1) is 0 Å². The van der Waals surface area contributed by atoms with Crippen molar-refractivity contribution in [1.82, 2.24) is 4.98 Å². The fourth-order valence-electron chi connectivity index (χ4n) is 1.42. The van der Waals surface area contributed by atoms with Crippen molar-refractivity contribution in [3.63, 3.8) is 0 Å². The van der Waals surface area contributed by atoms with Gasteiger partial charge in [-0.05, 0) is 18.2 Å². The molecule has 0 unspecified atom stereocenters. The van der Waals surface area contributed by atoms with Gasteiger partial charge in [0.1, 0.15) is 0 Å². The maximum absolute atomic E-state index is 12.1. The van der Waals surface area contributed by atoms with Gasteiger partial charge in [0.25, 0.3) is 15.2 Å². The van der Waals surface area contributed by atoms with Crippen LogP contribution in [-0.2, 0) is 10.0 Å². The number of sulfonamides is 1. The maximum atomic E-state index is 12.1. The molecule has 7 nitrogen and oxygen atoms in total. The molecular weight excluding hydrogens is 340 g/mol. The molecule has 0 fully saturated rings. The Labute approximate surface area is 129 Å². The van der Waals surface area contributed by atoms with Gasteiger partial charge in [-0.3, -0.25) is 4.72 Å². The number of halogens is 1. The van der Waals surface area contributed by atoms with E-state index in [2.05, 4.69) is 9.71 Å². The van der Waals surface area contributed by atoms with Gasteiger partial charge in [-0.25, -0.2) is 18.2 Å². The van der Waals surface area contributed by atoms with Gasteiger partial charge in [-0.15, -0.1) is 0 Å². The highest BCUT2D eigenvalue weighted by Crippen LogP contribution is 2.27.